The van der Waals surface area contributed by atoms with E-state index in [4.69, 9.17) is 9.47 Å². The van der Waals surface area contributed by atoms with Crippen LogP contribution in [-0.4, -0.2) is 22.0 Å². The standard InChI is InChI=1S/C19H18N2O4/c1-12(2)25-17-8-7-14(10-20-17)19(23)24-11-15-9-13-5-3-4-6-16(13)21-18(15)22/h3-10,12H,11H2,1-2H3,(H,21,22). The van der Waals surface area contributed by atoms with Gasteiger partial charge in [-0.1, -0.05) is 18.2 Å². The van der Waals surface area contributed by atoms with E-state index >= 15 is 0 Å². The van der Waals surface area contributed by atoms with Crippen LogP contribution in [0.1, 0.15) is 29.8 Å². The van der Waals surface area contributed by atoms with Gasteiger partial charge in [0.1, 0.15) is 6.61 Å². The fraction of sp³-hybridized carbons (Fsp3) is 0.211. The van der Waals surface area contributed by atoms with Crippen molar-refractivity contribution in [1.29, 1.82) is 0 Å². The fourth-order valence-electron chi connectivity index (χ4n) is 2.34. The monoisotopic (exact) mass is 338 g/mol. The van der Waals surface area contributed by atoms with Crippen LogP contribution in [0.5, 0.6) is 5.88 Å². The number of rotatable bonds is 5. The molecular formula is C19H18N2O4. The Bertz CT molecular complexity index is 946. The number of pyridine rings is 2. The number of nitrogens with zero attached hydrogens (tertiary/aromatic N) is 1. The highest BCUT2D eigenvalue weighted by molar-refractivity contribution is 5.89. The van der Waals surface area contributed by atoms with Gasteiger partial charge in [-0.2, -0.15) is 0 Å². The first-order valence-electron chi connectivity index (χ1n) is 7.93. The summed E-state index contributed by atoms with van der Waals surface area (Å²) in [5, 5.41) is 0.880. The zero-order chi connectivity index (χ0) is 17.8. The Labute approximate surface area is 144 Å². The van der Waals surface area contributed by atoms with Gasteiger partial charge in [-0.25, -0.2) is 9.78 Å². The number of hydrogen-bond donors (Lipinski definition) is 1. The lowest BCUT2D eigenvalue weighted by molar-refractivity contribution is 0.0471. The summed E-state index contributed by atoms with van der Waals surface area (Å²) in [6, 6.07) is 12.3. The molecule has 0 aliphatic rings. The minimum atomic E-state index is -0.545. The van der Waals surface area contributed by atoms with E-state index in [9.17, 15) is 9.59 Å². The van der Waals surface area contributed by atoms with Crippen molar-refractivity contribution in [3.05, 3.63) is 70.1 Å². The number of aromatic amines is 1. The van der Waals surface area contributed by atoms with E-state index in [-0.39, 0.29) is 18.3 Å². The van der Waals surface area contributed by atoms with Gasteiger partial charge < -0.3 is 14.5 Å². The Balaban J connectivity index is 1.70. The van der Waals surface area contributed by atoms with Gasteiger partial charge in [0.2, 0.25) is 5.88 Å². The Morgan fingerprint density at radius 3 is 2.72 bits per heavy atom. The molecule has 0 aliphatic heterocycles. The predicted octanol–water partition coefficient (Wildman–Crippen LogP) is 3.07. The number of nitrogens with one attached hydrogen (secondary N) is 1. The number of ether oxygens (including phenoxy) is 2. The predicted molar refractivity (Wildman–Crippen MR) is 93.7 cm³/mol. The van der Waals surface area contributed by atoms with Crippen molar-refractivity contribution in [3.8, 4) is 5.88 Å². The number of carbonyl (C=O) groups excluding carboxylic acids is 1. The van der Waals surface area contributed by atoms with Gasteiger partial charge in [0, 0.05) is 17.8 Å². The molecule has 0 fully saturated rings. The third kappa shape index (κ3) is 4.03. The Morgan fingerprint density at radius 2 is 2.00 bits per heavy atom. The lowest BCUT2D eigenvalue weighted by Crippen LogP contribution is -2.15. The molecule has 0 radical (unpaired) electrons. The van der Waals surface area contributed by atoms with Gasteiger partial charge >= 0.3 is 5.97 Å². The average Bonchev–Trinajstić information content (AvgIpc) is 2.59. The van der Waals surface area contributed by atoms with E-state index in [1.165, 1.54) is 6.20 Å². The molecule has 0 amide bonds. The smallest absolute Gasteiger partial charge is 0.340 e. The second-order valence-corrected chi connectivity index (χ2v) is 5.84. The molecule has 2 heterocycles. The van der Waals surface area contributed by atoms with Crippen LogP contribution in [0, 0.1) is 0 Å². The van der Waals surface area contributed by atoms with E-state index in [2.05, 4.69) is 9.97 Å². The Morgan fingerprint density at radius 1 is 1.20 bits per heavy atom. The summed E-state index contributed by atoms with van der Waals surface area (Å²) in [7, 11) is 0. The Hall–Kier alpha value is -3.15. The number of hydrogen-bond acceptors (Lipinski definition) is 5. The molecule has 0 aliphatic carbocycles. The fourth-order valence-corrected chi connectivity index (χ4v) is 2.34. The van der Waals surface area contributed by atoms with E-state index < -0.39 is 5.97 Å². The number of fused-ring (bicyclic) bond motifs is 1. The van der Waals surface area contributed by atoms with Crippen LogP contribution in [0.3, 0.4) is 0 Å². The number of para-hydroxylation sites is 1. The molecule has 0 spiro atoms. The third-order valence-electron chi connectivity index (χ3n) is 3.52. The van der Waals surface area contributed by atoms with Crippen molar-refractivity contribution >= 4 is 16.9 Å². The quantitative estimate of drug-likeness (QED) is 0.723. The van der Waals surface area contributed by atoms with Crippen LogP contribution in [-0.2, 0) is 11.3 Å². The highest BCUT2D eigenvalue weighted by atomic mass is 16.5. The summed E-state index contributed by atoms with van der Waals surface area (Å²) in [5.41, 5.74) is 1.16. The molecule has 3 aromatic rings. The van der Waals surface area contributed by atoms with Crippen LogP contribution < -0.4 is 10.3 Å². The summed E-state index contributed by atoms with van der Waals surface area (Å²) in [5.74, 6) is -0.103. The van der Waals surface area contributed by atoms with Crippen molar-refractivity contribution in [3.63, 3.8) is 0 Å². The largest absolute Gasteiger partial charge is 0.475 e. The molecule has 0 saturated heterocycles. The number of aromatic nitrogens is 2. The Kier molecular flexibility index (Phi) is 4.79. The summed E-state index contributed by atoms with van der Waals surface area (Å²) in [6.45, 7) is 3.68. The van der Waals surface area contributed by atoms with Crippen molar-refractivity contribution in [2.45, 2.75) is 26.6 Å². The maximum atomic E-state index is 12.1. The van der Waals surface area contributed by atoms with Crippen molar-refractivity contribution in [1.82, 2.24) is 9.97 Å². The van der Waals surface area contributed by atoms with Gasteiger partial charge in [0.15, 0.2) is 0 Å². The van der Waals surface area contributed by atoms with Gasteiger partial charge in [-0.05, 0) is 37.4 Å². The molecule has 3 rings (SSSR count). The topological polar surface area (TPSA) is 81.3 Å². The molecular weight excluding hydrogens is 320 g/mol. The molecule has 128 valence electrons. The molecule has 1 aromatic carbocycles. The number of H-pyrrole nitrogens is 1. The summed E-state index contributed by atoms with van der Waals surface area (Å²) >= 11 is 0. The molecule has 25 heavy (non-hydrogen) atoms. The van der Waals surface area contributed by atoms with Crippen LogP contribution in [0.4, 0.5) is 0 Å². The SMILES string of the molecule is CC(C)Oc1ccc(C(=O)OCc2cc3ccccc3[nH]c2=O)cn1. The number of benzene rings is 1. The van der Waals surface area contributed by atoms with Gasteiger partial charge in [0.05, 0.1) is 17.2 Å². The lowest BCUT2D eigenvalue weighted by Gasteiger charge is -2.09. The first kappa shape index (κ1) is 16.7. The first-order chi connectivity index (χ1) is 12.0. The van der Waals surface area contributed by atoms with Crippen LogP contribution in [0.25, 0.3) is 10.9 Å². The highest BCUT2D eigenvalue weighted by Crippen LogP contribution is 2.13. The number of esters is 1. The van der Waals surface area contributed by atoms with Gasteiger partial charge in [0.25, 0.3) is 5.56 Å². The second kappa shape index (κ2) is 7.17. The van der Waals surface area contributed by atoms with E-state index in [0.717, 1.165) is 10.9 Å². The van der Waals surface area contributed by atoms with Crippen LogP contribution in [0.2, 0.25) is 0 Å². The van der Waals surface area contributed by atoms with Gasteiger partial charge in [-0.3, -0.25) is 4.79 Å². The summed E-state index contributed by atoms with van der Waals surface area (Å²) in [6.07, 6.45) is 1.40. The molecule has 0 bridgehead atoms. The maximum Gasteiger partial charge on any atom is 0.340 e. The van der Waals surface area contributed by atoms with Crippen molar-refractivity contribution < 1.29 is 14.3 Å². The van der Waals surface area contributed by atoms with Crippen LogP contribution in [0.15, 0.2) is 53.5 Å². The van der Waals surface area contributed by atoms with Crippen molar-refractivity contribution in [2.75, 3.05) is 0 Å². The van der Waals surface area contributed by atoms with Crippen LogP contribution >= 0.6 is 0 Å². The normalized spacial score (nSPS) is 10.8. The van der Waals surface area contributed by atoms with E-state index in [1.54, 1.807) is 18.2 Å². The minimum absolute atomic E-state index is 0.00457. The maximum absolute atomic E-state index is 12.1. The second-order valence-electron chi connectivity index (χ2n) is 5.84. The number of carbonyl (C=O) groups is 1. The lowest BCUT2D eigenvalue weighted by atomic mass is 10.1. The van der Waals surface area contributed by atoms with E-state index in [1.807, 2.05) is 38.1 Å². The first-order valence-corrected chi connectivity index (χ1v) is 7.93. The minimum Gasteiger partial charge on any atom is -0.475 e. The third-order valence-corrected chi connectivity index (χ3v) is 3.52. The zero-order valence-electron chi connectivity index (χ0n) is 14.0. The highest BCUT2D eigenvalue weighted by Gasteiger charge is 2.11. The van der Waals surface area contributed by atoms with Crippen molar-refractivity contribution in [2.24, 2.45) is 0 Å². The molecule has 0 atom stereocenters. The molecule has 0 unspecified atom stereocenters. The summed E-state index contributed by atoms with van der Waals surface area (Å²) in [4.78, 5) is 31.0. The summed E-state index contributed by atoms with van der Waals surface area (Å²) < 4.78 is 10.7. The molecule has 1 N–H and O–H groups in total. The molecule has 6 heteroatoms. The van der Waals surface area contributed by atoms with E-state index in [0.29, 0.717) is 17.0 Å². The molecule has 2 aromatic heterocycles. The molecule has 6 nitrogen and oxygen atoms in total. The zero-order valence-corrected chi connectivity index (χ0v) is 14.0. The van der Waals surface area contributed by atoms with Gasteiger partial charge in [-0.15, -0.1) is 0 Å². The average molecular weight is 338 g/mol. The molecule has 0 saturated carbocycles.